The van der Waals surface area contributed by atoms with Crippen LogP contribution in [0.5, 0.6) is 5.75 Å². The van der Waals surface area contributed by atoms with Gasteiger partial charge in [-0.25, -0.2) is 0 Å². The van der Waals surface area contributed by atoms with Gasteiger partial charge in [0, 0.05) is 38.7 Å². The number of ketones is 1. The van der Waals surface area contributed by atoms with E-state index in [2.05, 4.69) is 74.4 Å². The first kappa shape index (κ1) is 31.8. The van der Waals surface area contributed by atoms with Gasteiger partial charge in [-0.2, -0.15) is 0 Å². The summed E-state index contributed by atoms with van der Waals surface area (Å²) in [5, 5.41) is 10.9. The summed E-state index contributed by atoms with van der Waals surface area (Å²) in [4.78, 5) is 12.8. The second-order valence-corrected chi connectivity index (χ2v) is 14.4. The van der Waals surface area contributed by atoms with E-state index in [0.29, 0.717) is 50.9 Å². The van der Waals surface area contributed by atoms with Gasteiger partial charge < -0.3 is 18.4 Å². The van der Waals surface area contributed by atoms with Crippen molar-refractivity contribution in [2.75, 3.05) is 19.8 Å². The van der Waals surface area contributed by atoms with Crippen LogP contribution in [-0.4, -0.2) is 39.5 Å². The summed E-state index contributed by atoms with van der Waals surface area (Å²) < 4.78 is 18.5. The van der Waals surface area contributed by atoms with E-state index in [1.54, 1.807) is 0 Å². The highest BCUT2D eigenvalue weighted by Gasteiger charge is 2.40. The van der Waals surface area contributed by atoms with Gasteiger partial charge in [0.05, 0.1) is 0 Å². The van der Waals surface area contributed by atoms with Crippen molar-refractivity contribution < 1.29 is 23.2 Å². The van der Waals surface area contributed by atoms with Gasteiger partial charge >= 0.3 is 8.80 Å². The van der Waals surface area contributed by atoms with Crippen molar-refractivity contribution in [3.8, 4) is 5.75 Å². The lowest BCUT2D eigenvalue weighted by atomic mass is 9.78. The molecular weight excluding hydrogens is 456 g/mol. The molecule has 0 aliphatic rings. The Hall–Kier alpha value is -1.21. The Morgan fingerprint density at radius 3 is 1.60 bits per heavy atom. The van der Waals surface area contributed by atoms with Crippen LogP contribution in [0.1, 0.15) is 118 Å². The minimum absolute atomic E-state index is 0.173. The first-order valence-electron chi connectivity index (χ1n) is 13.6. The Balaban J connectivity index is 2.86. The molecule has 0 spiro atoms. The molecule has 0 amide bonds. The van der Waals surface area contributed by atoms with E-state index in [1.165, 1.54) is 0 Å². The molecule has 202 valence electrons. The highest BCUT2D eigenvalue weighted by atomic mass is 28.4. The van der Waals surface area contributed by atoms with E-state index in [-0.39, 0.29) is 16.6 Å². The summed E-state index contributed by atoms with van der Waals surface area (Å²) in [5.74, 6) is 0.629. The number of benzene rings is 1. The van der Waals surface area contributed by atoms with Crippen molar-refractivity contribution in [3.63, 3.8) is 0 Å². The maximum Gasteiger partial charge on any atom is 0.500 e. The summed E-state index contributed by atoms with van der Waals surface area (Å²) in [6, 6.07) is 4.83. The predicted molar refractivity (Wildman–Crippen MR) is 147 cm³/mol. The topological polar surface area (TPSA) is 65.0 Å². The van der Waals surface area contributed by atoms with Crippen molar-refractivity contribution in [2.24, 2.45) is 0 Å². The fraction of sp³-hybridized carbons (Fsp3) is 0.759. The molecule has 0 fully saturated rings. The highest BCUT2D eigenvalue weighted by Crippen LogP contribution is 2.40. The van der Waals surface area contributed by atoms with Crippen molar-refractivity contribution in [2.45, 2.75) is 124 Å². The van der Waals surface area contributed by atoms with Gasteiger partial charge in [0.15, 0.2) is 0 Å². The molecule has 1 rings (SSSR count). The number of hydrogen-bond acceptors (Lipinski definition) is 5. The number of carbonyl (C=O) groups excluding carboxylic acids is 1. The number of phenols is 1. The average molecular weight is 509 g/mol. The molecular formula is C29H52O5Si. The number of aryl methyl sites for hydroxylation is 1. The zero-order valence-electron chi connectivity index (χ0n) is 24.0. The number of hydrogen-bond donors (Lipinski definition) is 1. The van der Waals surface area contributed by atoms with Gasteiger partial charge in [-0.15, -0.1) is 0 Å². The van der Waals surface area contributed by atoms with Crippen LogP contribution in [0.25, 0.3) is 0 Å². The van der Waals surface area contributed by atoms with Gasteiger partial charge in [0.25, 0.3) is 0 Å². The zero-order chi connectivity index (χ0) is 26.7. The molecule has 0 aromatic heterocycles. The fourth-order valence-corrected chi connectivity index (χ4v) is 6.85. The molecule has 1 aromatic carbocycles. The lowest BCUT2D eigenvalue weighted by Crippen LogP contribution is -2.46. The summed E-state index contributed by atoms with van der Waals surface area (Å²) in [6.07, 6.45) is 5.14. The summed E-state index contributed by atoms with van der Waals surface area (Å²) in [6.45, 7) is 20.8. The predicted octanol–water partition coefficient (Wildman–Crippen LogP) is 7.49. The molecule has 6 heteroatoms. The normalized spacial score (nSPS) is 12.8. The van der Waals surface area contributed by atoms with Crippen molar-refractivity contribution in [1.29, 1.82) is 0 Å². The molecule has 0 atom stereocenters. The average Bonchev–Trinajstić information content (AvgIpc) is 2.77. The second-order valence-electron chi connectivity index (χ2n) is 11.7. The number of aromatic hydroxyl groups is 1. The Labute approximate surface area is 216 Å². The molecule has 0 heterocycles. The molecule has 1 N–H and O–H groups in total. The number of rotatable bonds is 16. The van der Waals surface area contributed by atoms with E-state index >= 15 is 0 Å². The Kier molecular flexibility index (Phi) is 13.2. The standard InChI is InChI=1S/C29H52O5Si/c1-10-17-32-35(33-18-11-2,34-19-12-3)20-13-14-24(30)16-15-23-21-25(28(4,5)6)27(31)26(22-23)29(7,8)9/h21-22,31H,10-20H2,1-9H3. The minimum atomic E-state index is -2.76. The lowest BCUT2D eigenvalue weighted by Gasteiger charge is -2.29. The van der Waals surface area contributed by atoms with E-state index in [4.69, 9.17) is 13.3 Å². The molecule has 0 unspecified atom stereocenters. The van der Waals surface area contributed by atoms with Crippen molar-refractivity contribution >= 4 is 14.6 Å². The quantitative estimate of drug-likeness (QED) is 0.234. The fourth-order valence-electron chi connectivity index (χ4n) is 4.01. The van der Waals surface area contributed by atoms with Crippen LogP contribution in [0.15, 0.2) is 12.1 Å². The molecule has 0 bridgehead atoms. The lowest BCUT2D eigenvalue weighted by molar-refractivity contribution is -0.119. The first-order chi connectivity index (χ1) is 16.3. The second kappa shape index (κ2) is 14.5. The SMILES string of the molecule is CCCO[Si](CCCC(=O)CCc1cc(C(C)(C)C)c(O)c(C(C)(C)C)c1)(OCCC)OCCC. The molecule has 0 aliphatic heterocycles. The molecule has 1 aromatic rings. The zero-order valence-corrected chi connectivity index (χ0v) is 25.0. The maximum atomic E-state index is 12.8. The number of phenolic OH excluding ortho intramolecular Hbond substituents is 1. The third kappa shape index (κ3) is 10.7. The largest absolute Gasteiger partial charge is 0.507 e. The third-order valence-electron chi connectivity index (χ3n) is 6.00. The molecule has 35 heavy (non-hydrogen) atoms. The Bertz CT molecular complexity index is 719. The van der Waals surface area contributed by atoms with Gasteiger partial charge in [0.2, 0.25) is 0 Å². The Morgan fingerprint density at radius 2 is 1.23 bits per heavy atom. The van der Waals surface area contributed by atoms with Crippen molar-refractivity contribution in [1.82, 2.24) is 0 Å². The van der Waals surface area contributed by atoms with E-state index in [9.17, 15) is 9.90 Å². The molecule has 5 nitrogen and oxygen atoms in total. The van der Waals surface area contributed by atoms with E-state index in [0.717, 1.165) is 42.4 Å². The van der Waals surface area contributed by atoms with Crippen LogP contribution < -0.4 is 0 Å². The Morgan fingerprint density at radius 1 is 0.800 bits per heavy atom. The van der Waals surface area contributed by atoms with Crippen LogP contribution in [-0.2, 0) is 35.3 Å². The summed E-state index contributed by atoms with van der Waals surface area (Å²) >= 11 is 0. The van der Waals surface area contributed by atoms with Crippen LogP contribution in [0, 0.1) is 0 Å². The van der Waals surface area contributed by atoms with Crippen LogP contribution in [0.4, 0.5) is 0 Å². The van der Waals surface area contributed by atoms with Crippen LogP contribution in [0.2, 0.25) is 6.04 Å². The van der Waals surface area contributed by atoms with Crippen LogP contribution >= 0.6 is 0 Å². The summed E-state index contributed by atoms with van der Waals surface area (Å²) in [5.41, 5.74) is 2.65. The van der Waals surface area contributed by atoms with Gasteiger partial charge in [-0.1, -0.05) is 74.4 Å². The summed E-state index contributed by atoms with van der Waals surface area (Å²) in [7, 11) is -2.76. The molecule has 0 aliphatic carbocycles. The first-order valence-corrected chi connectivity index (χ1v) is 15.5. The maximum absolute atomic E-state index is 12.8. The molecule has 0 radical (unpaired) electrons. The highest BCUT2D eigenvalue weighted by molar-refractivity contribution is 6.60. The third-order valence-corrected chi connectivity index (χ3v) is 8.89. The van der Waals surface area contributed by atoms with Gasteiger partial charge in [-0.3, -0.25) is 4.79 Å². The van der Waals surface area contributed by atoms with E-state index in [1.807, 2.05) is 0 Å². The van der Waals surface area contributed by atoms with Gasteiger partial charge in [-0.05, 0) is 59.6 Å². The minimum Gasteiger partial charge on any atom is -0.507 e. The number of carbonyl (C=O) groups is 1. The smallest absolute Gasteiger partial charge is 0.500 e. The molecule has 0 saturated heterocycles. The van der Waals surface area contributed by atoms with Gasteiger partial charge in [0.1, 0.15) is 11.5 Å². The van der Waals surface area contributed by atoms with Crippen molar-refractivity contribution in [3.05, 3.63) is 28.8 Å². The number of Topliss-reactive ketones (excluding diaryl/α,β-unsaturated/α-hetero) is 1. The molecule has 0 saturated carbocycles. The van der Waals surface area contributed by atoms with Crippen LogP contribution in [0.3, 0.4) is 0 Å². The monoisotopic (exact) mass is 508 g/mol. The van der Waals surface area contributed by atoms with E-state index < -0.39 is 8.80 Å².